The smallest absolute Gasteiger partial charge is 0.324 e. The zero-order valence-corrected chi connectivity index (χ0v) is 12.7. The van der Waals surface area contributed by atoms with Crippen LogP contribution in [0.5, 0.6) is 0 Å². The Morgan fingerprint density at radius 3 is 2.80 bits per heavy atom. The number of carbonyl (C=O) groups excluding carboxylic acids is 1. The van der Waals surface area contributed by atoms with Crippen LogP contribution in [0.3, 0.4) is 0 Å². The Bertz CT molecular complexity index is 608. The molecule has 7 nitrogen and oxygen atoms in total. The van der Waals surface area contributed by atoms with Crippen molar-refractivity contribution in [3.05, 3.63) is 17.7 Å². The summed E-state index contributed by atoms with van der Waals surface area (Å²) in [6, 6.07) is -0.826. The zero-order valence-electron chi connectivity index (χ0n) is 11.9. The highest BCUT2D eigenvalue weighted by Gasteiger charge is 2.39. The van der Waals surface area contributed by atoms with Crippen LogP contribution in [0.15, 0.2) is 6.33 Å². The maximum atomic E-state index is 11.9. The standard InChI is InChI=1S/C12H19N3O4S/c1-4-5-14-8-13-9-6-10(12(16)19-2)15(7-11(9)14)20(3,17)18/h8,10H,4-7H2,1-3H3/t10-/m0/s1. The number of carbonyl (C=O) groups is 1. The summed E-state index contributed by atoms with van der Waals surface area (Å²) in [5, 5.41) is 0. The van der Waals surface area contributed by atoms with Gasteiger partial charge in [-0.05, 0) is 6.42 Å². The molecule has 0 aliphatic carbocycles. The SMILES string of the molecule is CCCn1cnc2c1CN(S(C)(=O)=O)[C@H](C(=O)OC)C2. The zero-order chi connectivity index (χ0) is 14.9. The molecule has 1 aliphatic rings. The number of sulfonamides is 1. The van der Waals surface area contributed by atoms with Crippen LogP contribution >= 0.6 is 0 Å². The first-order chi connectivity index (χ1) is 9.38. The fraction of sp³-hybridized carbons (Fsp3) is 0.667. The second-order valence-corrected chi connectivity index (χ2v) is 6.82. The van der Waals surface area contributed by atoms with Crippen LogP contribution in [0.4, 0.5) is 0 Å². The van der Waals surface area contributed by atoms with E-state index in [0.29, 0.717) is 0 Å². The van der Waals surface area contributed by atoms with Crippen LogP contribution in [0.1, 0.15) is 24.7 Å². The molecule has 0 radical (unpaired) electrons. The Labute approximate surface area is 118 Å². The molecule has 0 fully saturated rings. The molecule has 0 saturated heterocycles. The van der Waals surface area contributed by atoms with Crippen molar-refractivity contribution in [3.8, 4) is 0 Å². The van der Waals surface area contributed by atoms with Crippen LogP contribution in [0.2, 0.25) is 0 Å². The van der Waals surface area contributed by atoms with Crippen molar-refractivity contribution < 1.29 is 17.9 Å². The minimum atomic E-state index is -3.49. The number of esters is 1. The lowest BCUT2D eigenvalue weighted by atomic mass is 10.1. The van der Waals surface area contributed by atoms with E-state index in [0.717, 1.165) is 30.6 Å². The highest BCUT2D eigenvalue weighted by atomic mass is 32.2. The molecule has 1 aromatic heterocycles. The summed E-state index contributed by atoms with van der Waals surface area (Å²) in [6.45, 7) is 2.98. The van der Waals surface area contributed by atoms with Gasteiger partial charge in [-0.1, -0.05) is 6.92 Å². The van der Waals surface area contributed by atoms with Crippen molar-refractivity contribution in [1.82, 2.24) is 13.9 Å². The Morgan fingerprint density at radius 1 is 1.55 bits per heavy atom. The van der Waals surface area contributed by atoms with Crippen LogP contribution in [-0.4, -0.2) is 47.7 Å². The van der Waals surface area contributed by atoms with Crippen LogP contribution in [0.25, 0.3) is 0 Å². The number of aromatic nitrogens is 2. The highest BCUT2D eigenvalue weighted by molar-refractivity contribution is 7.88. The van der Waals surface area contributed by atoms with E-state index in [9.17, 15) is 13.2 Å². The third-order valence-corrected chi connectivity index (χ3v) is 4.67. The van der Waals surface area contributed by atoms with E-state index in [4.69, 9.17) is 4.74 Å². The lowest BCUT2D eigenvalue weighted by Crippen LogP contribution is -2.49. The molecule has 2 rings (SSSR count). The van der Waals surface area contributed by atoms with Crippen LogP contribution in [0, 0.1) is 0 Å². The van der Waals surface area contributed by atoms with E-state index in [1.807, 2.05) is 11.5 Å². The average molecular weight is 301 g/mol. The van der Waals surface area contributed by atoms with Gasteiger partial charge >= 0.3 is 5.97 Å². The number of methoxy groups -OCH3 is 1. The molecule has 1 atom stereocenters. The van der Waals surface area contributed by atoms with E-state index in [1.54, 1.807) is 6.33 Å². The van der Waals surface area contributed by atoms with Crippen molar-refractivity contribution in [2.75, 3.05) is 13.4 Å². The van der Waals surface area contributed by atoms with Crippen molar-refractivity contribution in [2.24, 2.45) is 0 Å². The predicted molar refractivity (Wildman–Crippen MR) is 72.4 cm³/mol. The van der Waals surface area contributed by atoms with Gasteiger partial charge in [0.25, 0.3) is 0 Å². The van der Waals surface area contributed by atoms with E-state index >= 15 is 0 Å². The van der Waals surface area contributed by atoms with Crippen molar-refractivity contribution in [2.45, 2.75) is 38.9 Å². The molecule has 0 bridgehead atoms. The number of ether oxygens (including phenoxy) is 1. The fourth-order valence-corrected chi connectivity index (χ4v) is 3.44. The van der Waals surface area contributed by atoms with Gasteiger partial charge in [-0.25, -0.2) is 13.4 Å². The number of hydrogen-bond acceptors (Lipinski definition) is 5. The molecular weight excluding hydrogens is 282 g/mol. The summed E-state index contributed by atoms with van der Waals surface area (Å²) < 4.78 is 31.7. The monoisotopic (exact) mass is 301 g/mol. The fourth-order valence-electron chi connectivity index (χ4n) is 2.46. The third-order valence-electron chi connectivity index (χ3n) is 3.44. The highest BCUT2D eigenvalue weighted by Crippen LogP contribution is 2.25. The van der Waals surface area contributed by atoms with Gasteiger partial charge in [-0.3, -0.25) is 4.79 Å². The van der Waals surface area contributed by atoms with Crippen molar-refractivity contribution in [1.29, 1.82) is 0 Å². The predicted octanol–water partition coefficient (Wildman–Crippen LogP) is 0.152. The molecule has 20 heavy (non-hydrogen) atoms. The topological polar surface area (TPSA) is 81.5 Å². The Morgan fingerprint density at radius 2 is 2.25 bits per heavy atom. The summed E-state index contributed by atoms with van der Waals surface area (Å²) in [5.41, 5.74) is 1.63. The Balaban J connectivity index is 2.40. The number of nitrogens with zero attached hydrogens (tertiary/aromatic N) is 3. The minimum Gasteiger partial charge on any atom is -0.468 e. The molecule has 112 valence electrons. The number of rotatable bonds is 4. The first-order valence-electron chi connectivity index (χ1n) is 6.46. The number of fused-ring (bicyclic) bond motifs is 1. The van der Waals surface area contributed by atoms with Gasteiger partial charge in [0.2, 0.25) is 10.0 Å². The first-order valence-corrected chi connectivity index (χ1v) is 8.30. The third kappa shape index (κ3) is 2.71. The van der Waals surface area contributed by atoms with Crippen LogP contribution in [-0.2, 0) is 39.1 Å². The molecule has 1 aromatic rings. The molecule has 2 heterocycles. The lowest BCUT2D eigenvalue weighted by molar-refractivity contribution is -0.145. The molecule has 8 heteroatoms. The van der Waals surface area contributed by atoms with Gasteiger partial charge in [-0.2, -0.15) is 4.31 Å². The summed E-state index contributed by atoms with van der Waals surface area (Å²) >= 11 is 0. The largest absolute Gasteiger partial charge is 0.468 e. The second-order valence-electron chi connectivity index (χ2n) is 4.88. The first kappa shape index (κ1) is 15.0. The van der Waals surface area contributed by atoms with Gasteiger partial charge in [0.05, 0.1) is 37.6 Å². The molecule has 0 aromatic carbocycles. The van der Waals surface area contributed by atoms with E-state index in [-0.39, 0.29) is 13.0 Å². The Kier molecular flexibility index (Phi) is 4.14. The van der Waals surface area contributed by atoms with Crippen molar-refractivity contribution >= 4 is 16.0 Å². The maximum absolute atomic E-state index is 11.9. The van der Waals surface area contributed by atoms with Gasteiger partial charge in [0, 0.05) is 13.0 Å². The second kappa shape index (κ2) is 5.53. The molecule has 0 N–H and O–H groups in total. The molecule has 0 unspecified atom stereocenters. The maximum Gasteiger partial charge on any atom is 0.324 e. The summed E-state index contributed by atoms with van der Waals surface area (Å²) in [5.74, 6) is -0.550. The van der Waals surface area contributed by atoms with Crippen LogP contribution < -0.4 is 0 Å². The molecule has 1 aliphatic heterocycles. The molecule has 0 spiro atoms. The normalized spacial score (nSPS) is 19.6. The number of imidazole rings is 1. The summed E-state index contributed by atoms with van der Waals surface area (Å²) in [7, 11) is -2.23. The molecule has 0 amide bonds. The Hall–Kier alpha value is -1.41. The summed E-state index contributed by atoms with van der Waals surface area (Å²) in [6.07, 6.45) is 4.00. The number of aryl methyl sites for hydroxylation is 1. The quantitative estimate of drug-likeness (QED) is 0.740. The minimum absolute atomic E-state index is 0.161. The van der Waals surface area contributed by atoms with E-state index < -0.39 is 22.0 Å². The number of hydrogen-bond donors (Lipinski definition) is 0. The van der Waals surface area contributed by atoms with E-state index in [2.05, 4.69) is 4.98 Å². The molecular formula is C12H19N3O4S. The van der Waals surface area contributed by atoms with Gasteiger partial charge in [-0.15, -0.1) is 0 Å². The summed E-state index contributed by atoms with van der Waals surface area (Å²) in [4.78, 5) is 16.1. The van der Waals surface area contributed by atoms with Crippen molar-refractivity contribution in [3.63, 3.8) is 0 Å². The van der Waals surface area contributed by atoms with Gasteiger partial charge in [0.15, 0.2) is 0 Å². The van der Waals surface area contributed by atoms with Gasteiger partial charge < -0.3 is 9.30 Å². The van der Waals surface area contributed by atoms with E-state index in [1.165, 1.54) is 11.4 Å². The lowest BCUT2D eigenvalue weighted by Gasteiger charge is -2.31. The molecule has 0 saturated carbocycles. The van der Waals surface area contributed by atoms with Gasteiger partial charge in [0.1, 0.15) is 6.04 Å². The average Bonchev–Trinajstić information content (AvgIpc) is 2.78.